The molecule has 20 heavy (non-hydrogen) atoms. The number of ether oxygens (including phenoxy) is 1. The summed E-state index contributed by atoms with van der Waals surface area (Å²) in [6, 6.07) is 3.21. The van der Waals surface area contributed by atoms with Crippen LogP contribution in [-0.4, -0.2) is 41.4 Å². The van der Waals surface area contributed by atoms with Gasteiger partial charge >= 0.3 is 5.97 Å². The molecule has 1 spiro atoms. The molecule has 0 aromatic carbocycles. The number of aromatic carboxylic acids is 1. The standard InChI is InChI=1S/C15H20N2O3/c18-14(19)12-1-4-17-13(8-12)7-11-9-15(20-10-11)2-5-16-6-3-15/h1,4,8,11,16H,2-3,5-7,9-10H2,(H,18,19). The van der Waals surface area contributed by atoms with Crippen LogP contribution >= 0.6 is 0 Å². The van der Waals surface area contributed by atoms with Crippen molar-refractivity contribution in [3.8, 4) is 0 Å². The molecule has 108 valence electrons. The van der Waals surface area contributed by atoms with E-state index in [0.717, 1.165) is 51.1 Å². The lowest BCUT2D eigenvalue weighted by molar-refractivity contribution is -0.0196. The van der Waals surface area contributed by atoms with Gasteiger partial charge < -0.3 is 15.2 Å². The average Bonchev–Trinajstić information content (AvgIpc) is 2.82. The Hall–Kier alpha value is -1.46. The molecule has 3 heterocycles. The van der Waals surface area contributed by atoms with Crippen LogP contribution in [0.15, 0.2) is 18.3 Å². The topological polar surface area (TPSA) is 71.5 Å². The molecule has 0 bridgehead atoms. The van der Waals surface area contributed by atoms with Gasteiger partial charge in [-0.05, 0) is 56.8 Å². The fourth-order valence-electron chi connectivity index (χ4n) is 3.32. The summed E-state index contributed by atoms with van der Waals surface area (Å²) in [6.45, 7) is 2.82. The van der Waals surface area contributed by atoms with Gasteiger partial charge in [0.25, 0.3) is 0 Å². The minimum atomic E-state index is -0.897. The first kappa shape index (κ1) is 13.5. The highest BCUT2D eigenvalue weighted by Crippen LogP contribution is 2.38. The summed E-state index contributed by atoms with van der Waals surface area (Å²) in [5, 5.41) is 12.4. The second-order valence-corrected chi connectivity index (χ2v) is 5.86. The molecule has 2 N–H and O–H groups in total. The van der Waals surface area contributed by atoms with Crippen LogP contribution in [0.4, 0.5) is 0 Å². The molecule has 2 saturated heterocycles. The molecule has 1 unspecified atom stereocenters. The molecule has 2 aliphatic heterocycles. The summed E-state index contributed by atoms with van der Waals surface area (Å²) < 4.78 is 6.06. The number of aromatic nitrogens is 1. The average molecular weight is 276 g/mol. The predicted octanol–water partition coefficient (Wildman–Crippen LogP) is 1.48. The van der Waals surface area contributed by atoms with Crippen molar-refractivity contribution in [2.24, 2.45) is 5.92 Å². The maximum absolute atomic E-state index is 11.0. The lowest BCUT2D eigenvalue weighted by atomic mass is 9.84. The van der Waals surface area contributed by atoms with Gasteiger partial charge in [0.05, 0.1) is 17.8 Å². The van der Waals surface area contributed by atoms with E-state index in [4.69, 9.17) is 9.84 Å². The van der Waals surface area contributed by atoms with Crippen molar-refractivity contribution in [2.45, 2.75) is 31.3 Å². The van der Waals surface area contributed by atoms with Gasteiger partial charge in [-0.2, -0.15) is 0 Å². The van der Waals surface area contributed by atoms with Gasteiger partial charge in [-0.3, -0.25) is 4.98 Å². The maximum atomic E-state index is 11.0. The Balaban J connectivity index is 1.64. The molecule has 0 radical (unpaired) electrons. The molecule has 0 aliphatic carbocycles. The highest BCUT2D eigenvalue weighted by atomic mass is 16.5. The number of piperidine rings is 1. The number of carbonyl (C=O) groups is 1. The Morgan fingerprint density at radius 1 is 1.50 bits per heavy atom. The van der Waals surface area contributed by atoms with Crippen LogP contribution in [0.25, 0.3) is 0 Å². The highest BCUT2D eigenvalue weighted by Gasteiger charge is 2.41. The zero-order valence-electron chi connectivity index (χ0n) is 11.5. The summed E-state index contributed by atoms with van der Waals surface area (Å²) in [6.07, 6.45) is 5.59. The number of hydrogen-bond donors (Lipinski definition) is 2. The van der Waals surface area contributed by atoms with Crippen LogP contribution < -0.4 is 5.32 Å². The third-order valence-corrected chi connectivity index (χ3v) is 4.36. The van der Waals surface area contributed by atoms with E-state index in [9.17, 15) is 4.79 Å². The zero-order valence-corrected chi connectivity index (χ0v) is 11.5. The lowest BCUT2D eigenvalue weighted by Crippen LogP contribution is -2.41. The number of carboxylic acids is 1. The van der Waals surface area contributed by atoms with Gasteiger partial charge in [-0.15, -0.1) is 0 Å². The minimum absolute atomic E-state index is 0.0559. The van der Waals surface area contributed by atoms with Crippen molar-refractivity contribution >= 4 is 5.97 Å². The maximum Gasteiger partial charge on any atom is 0.335 e. The van der Waals surface area contributed by atoms with E-state index in [1.807, 2.05) is 0 Å². The summed E-state index contributed by atoms with van der Waals surface area (Å²) in [4.78, 5) is 15.3. The quantitative estimate of drug-likeness (QED) is 0.875. The van der Waals surface area contributed by atoms with Crippen molar-refractivity contribution in [3.63, 3.8) is 0 Å². The van der Waals surface area contributed by atoms with Crippen LogP contribution in [-0.2, 0) is 11.2 Å². The van der Waals surface area contributed by atoms with Crippen LogP contribution in [0.2, 0.25) is 0 Å². The van der Waals surface area contributed by atoms with Crippen molar-refractivity contribution in [3.05, 3.63) is 29.6 Å². The third-order valence-electron chi connectivity index (χ3n) is 4.36. The SMILES string of the molecule is O=C(O)c1ccnc(CC2COC3(CCNCC3)C2)c1. The monoisotopic (exact) mass is 276 g/mol. The van der Waals surface area contributed by atoms with Gasteiger partial charge in [0.1, 0.15) is 0 Å². The molecule has 2 aliphatic rings. The van der Waals surface area contributed by atoms with E-state index >= 15 is 0 Å². The van der Waals surface area contributed by atoms with Crippen LogP contribution in [0.1, 0.15) is 35.3 Å². The minimum Gasteiger partial charge on any atom is -0.478 e. The number of nitrogens with one attached hydrogen (secondary N) is 1. The fraction of sp³-hybridized carbons (Fsp3) is 0.600. The van der Waals surface area contributed by atoms with Gasteiger partial charge in [0.2, 0.25) is 0 Å². The molecule has 0 saturated carbocycles. The van der Waals surface area contributed by atoms with Gasteiger partial charge in [-0.1, -0.05) is 0 Å². The second-order valence-electron chi connectivity index (χ2n) is 5.86. The smallest absolute Gasteiger partial charge is 0.335 e. The van der Waals surface area contributed by atoms with Gasteiger partial charge in [0, 0.05) is 11.9 Å². The molecular formula is C15H20N2O3. The van der Waals surface area contributed by atoms with E-state index in [0.29, 0.717) is 11.5 Å². The van der Waals surface area contributed by atoms with Crippen molar-refractivity contribution < 1.29 is 14.6 Å². The summed E-state index contributed by atoms with van der Waals surface area (Å²) in [7, 11) is 0. The number of rotatable bonds is 3. The largest absolute Gasteiger partial charge is 0.478 e. The van der Waals surface area contributed by atoms with E-state index < -0.39 is 5.97 Å². The number of carboxylic acid groups (broad SMARTS) is 1. The van der Waals surface area contributed by atoms with E-state index in [1.165, 1.54) is 6.07 Å². The molecule has 5 nitrogen and oxygen atoms in total. The fourth-order valence-corrected chi connectivity index (χ4v) is 3.32. The highest BCUT2D eigenvalue weighted by molar-refractivity contribution is 5.87. The first-order valence-corrected chi connectivity index (χ1v) is 7.20. The first-order chi connectivity index (χ1) is 9.67. The molecule has 2 fully saturated rings. The second kappa shape index (κ2) is 5.50. The van der Waals surface area contributed by atoms with Crippen LogP contribution in [0.5, 0.6) is 0 Å². The van der Waals surface area contributed by atoms with Gasteiger partial charge in [-0.25, -0.2) is 4.79 Å². The normalized spacial score (nSPS) is 24.9. The Labute approximate surface area is 118 Å². The van der Waals surface area contributed by atoms with E-state index in [-0.39, 0.29) is 5.60 Å². The number of pyridine rings is 1. The Morgan fingerprint density at radius 3 is 3.05 bits per heavy atom. The molecule has 1 aromatic heterocycles. The van der Waals surface area contributed by atoms with E-state index in [1.54, 1.807) is 12.3 Å². The molecule has 0 amide bonds. The lowest BCUT2D eigenvalue weighted by Gasteiger charge is -2.33. The zero-order chi connectivity index (χ0) is 14.0. The van der Waals surface area contributed by atoms with Crippen LogP contribution in [0.3, 0.4) is 0 Å². The third kappa shape index (κ3) is 2.83. The molecule has 1 atom stereocenters. The Bertz CT molecular complexity index is 498. The van der Waals surface area contributed by atoms with Crippen molar-refractivity contribution in [1.82, 2.24) is 10.3 Å². The Kier molecular flexibility index (Phi) is 3.72. The number of nitrogens with zero attached hydrogens (tertiary/aromatic N) is 1. The van der Waals surface area contributed by atoms with E-state index in [2.05, 4.69) is 10.3 Å². The van der Waals surface area contributed by atoms with Crippen molar-refractivity contribution in [2.75, 3.05) is 19.7 Å². The van der Waals surface area contributed by atoms with Crippen LogP contribution in [0, 0.1) is 5.92 Å². The predicted molar refractivity (Wildman–Crippen MR) is 73.8 cm³/mol. The molecular weight excluding hydrogens is 256 g/mol. The van der Waals surface area contributed by atoms with Gasteiger partial charge in [0.15, 0.2) is 0 Å². The summed E-state index contributed by atoms with van der Waals surface area (Å²) in [5.74, 6) is -0.448. The molecule has 1 aromatic rings. The van der Waals surface area contributed by atoms with Crippen molar-refractivity contribution in [1.29, 1.82) is 0 Å². The Morgan fingerprint density at radius 2 is 2.30 bits per heavy atom. The summed E-state index contributed by atoms with van der Waals surface area (Å²) in [5.41, 5.74) is 1.22. The molecule has 5 heteroatoms. The number of hydrogen-bond acceptors (Lipinski definition) is 4. The summed E-state index contributed by atoms with van der Waals surface area (Å²) >= 11 is 0. The molecule has 3 rings (SSSR count). The first-order valence-electron chi connectivity index (χ1n) is 7.20.